The average molecular weight is 271 g/mol. The van der Waals surface area contributed by atoms with E-state index in [-0.39, 0.29) is 12.5 Å². The predicted octanol–water partition coefficient (Wildman–Crippen LogP) is 1.34. The van der Waals surface area contributed by atoms with Crippen molar-refractivity contribution in [1.82, 2.24) is 4.90 Å². The van der Waals surface area contributed by atoms with Crippen LogP contribution in [0, 0.1) is 11.3 Å². The minimum absolute atomic E-state index is 0.147. The number of carbonyl (C=O) groups excluding carboxylic acids is 1. The van der Waals surface area contributed by atoms with Gasteiger partial charge < -0.3 is 19.5 Å². The van der Waals surface area contributed by atoms with Gasteiger partial charge in [-0.1, -0.05) is 0 Å². The van der Waals surface area contributed by atoms with Gasteiger partial charge in [-0.15, -0.1) is 0 Å². The number of rotatable bonds is 1. The molecule has 0 spiro atoms. The van der Waals surface area contributed by atoms with Crippen molar-refractivity contribution in [3.8, 4) is 0 Å². The second-order valence-corrected chi connectivity index (χ2v) is 6.34. The number of likely N-dealkylation sites (tertiary alicyclic amines) is 1. The largest absolute Gasteiger partial charge is 0.481 e. The fraction of sp³-hybridized carbons (Fsp3) is 0.846. The molecule has 0 bridgehead atoms. The number of hydrogen-bond donors (Lipinski definition) is 1. The minimum atomic E-state index is -0.866. The first-order chi connectivity index (χ1) is 8.74. The lowest BCUT2D eigenvalue weighted by Crippen LogP contribution is -2.45. The van der Waals surface area contributed by atoms with Crippen LogP contribution in [-0.2, 0) is 14.3 Å². The highest BCUT2D eigenvalue weighted by atomic mass is 16.6. The highest BCUT2D eigenvalue weighted by Gasteiger charge is 2.55. The lowest BCUT2D eigenvalue weighted by Gasteiger charge is -2.33. The minimum Gasteiger partial charge on any atom is -0.481 e. The van der Waals surface area contributed by atoms with Crippen molar-refractivity contribution in [2.45, 2.75) is 32.8 Å². The van der Waals surface area contributed by atoms with Crippen LogP contribution in [0.2, 0.25) is 0 Å². The summed E-state index contributed by atoms with van der Waals surface area (Å²) in [5, 5.41) is 9.50. The number of amides is 1. The zero-order valence-electron chi connectivity index (χ0n) is 11.6. The number of carboxylic acids is 1. The van der Waals surface area contributed by atoms with Crippen LogP contribution in [0.15, 0.2) is 0 Å². The molecule has 19 heavy (non-hydrogen) atoms. The van der Waals surface area contributed by atoms with Gasteiger partial charge in [0.05, 0.1) is 12.0 Å². The number of carbonyl (C=O) groups is 2. The fourth-order valence-corrected chi connectivity index (χ4v) is 2.77. The normalized spacial score (nSPS) is 30.9. The third-order valence-corrected chi connectivity index (χ3v) is 3.78. The Morgan fingerprint density at radius 2 is 2.11 bits per heavy atom. The van der Waals surface area contributed by atoms with Crippen molar-refractivity contribution in [3.63, 3.8) is 0 Å². The Hall–Kier alpha value is -1.30. The van der Waals surface area contributed by atoms with Gasteiger partial charge in [0.1, 0.15) is 5.60 Å². The van der Waals surface area contributed by atoms with Crippen LogP contribution in [0.4, 0.5) is 4.79 Å². The van der Waals surface area contributed by atoms with Crippen molar-refractivity contribution in [3.05, 3.63) is 0 Å². The molecule has 1 amide bonds. The Bertz CT molecular complexity index is 389. The number of ether oxygens (including phenoxy) is 2. The van der Waals surface area contributed by atoms with Crippen LogP contribution in [0.25, 0.3) is 0 Å². The average Bonchev–Trinajstić information content (AvgIpc) is 2.67. The molecule has 2 rings (SSSR count). The molecule has 0 aromatic heterocycles. The molecule has 0 unspecified atom stereocenters. The van der Waals surface area contributed by atoms with Crippen molar-refractivity contribution in [1.29, 1.82) is 0 Å². The molecular weight excluding hydrogens is 250 g/mol. The molecule has 6 nitrogen and oxygen atoms in total. The van der Waals surface area contributed by atoms with E-state index in [1.807, 2.05) is 0 Å². The summed E-state index contributed by atoms with van der Waals surface area (Å²) in [5.41, 5.74) is -1.44. The van der Waals surface area contributed by atoms with E-state index in [0.717, 1.165) is 0 Å². The third-order valence-electron chi connectivity index (χ3n) is 3.78. The predicted molar refractivity (Wildman–Crippen MR) is 66.8 cm³/mol. The molecule has 0 aliphatic carbocycles. The summed E-state index contributed by atoms with van der Waals surface area (Å²) in [6.45, 7) is 6.82. The molecule has 2 aliphatic heterocycles. The Morgan fingerprint density at radius 1 is 1.42 bits per heavy atom. The van der Waals surface area contributed by atoms with Crippen LogP contribution in [0.3, 0.4) is 0 Å². The Morgan fingerprint density at radius 3 is 2.63 bits per heavy atom. The van der Waals surface area contributed by atoms with E-state index in [0.29, 0.717) is 26.2 Å². The Labute approximate surface area is 112 Å². The molecule has 2 aliphatic rings. The number of fused-ring (bicyclic) bond motifs is 1. The number of aliphatic carboxylic acids is 1. The first kappa shape index (κ1) is 14.1. The van der Waals surface area contributed by atoms with Gasteiger partial charge in [-0.25, -0.2) is 4.79 Å². The molecule has 0 aromatic carbocycles. The molecule has 6 heteroatoms. The molecule has 2 saturated heterocycles. The SMILES string of the molecule is CC(C)(C)OC(=O)N1C[C@@H]2COCC[C@]2(C(=O)O)C1. The summed E-state index contributed by atoms with van der Waals surface area (Å²) in [4.78, 5) is 25.1. The van der Waals surface area contributed by atoms with Crippen LogP contribution < -0.4 is 0 Å². The lowest BCUT2D eigenvalue weighted by atomic mass is 9.74. The van der Waals surface area contributed by atoms with E-state index in [1.165, 1.54) is 4.90 Å². The van der Waals surface area contributed by atoms with Gasteiger partial charge in [-0.2, -0.15) is 0 Å². The monoisotopic (exact) mass is 271 g/mol. The molecule has 2 fully saturated rings. The molecule has 2 atom stereocenters. The van der Waals surface area contributed by atoms with E-state index in [2.05, 4.69) is 0 Å². The van der Waals surface area contributed by atoms with Gasteiger partial charge in [0.15, 0.2) is 0 Å². The molecule has 1 N–H and O–H groups in total. The standard InChI is InChI=1S/C13H21NO5/c1-12(2,3)19-11(17)14-6-9-7-18-5-4-13(9,8-14)10(15)16/h9H,4-8H2,1-3H3,(H,15,16)/t9-,13+/m1/s1. The number of nitrogens with zero attached hydrogens (tertiary/aromatic N) is 1. The molecule has 0 radical (unpaired) electrons. The summed E-state index contributed by atoms with van der Waals surface area (Å²) >= 11 is 0. The summed E-state index contributed by atoms with van der Waals surface area (Å²) in [7, 11) is 0. The summed E-state index contributed by atoms with van der Waals surface area (Å²) < 4.78 is 10.7. The van der Waals surface area contributed by atoms with E-state index in [4.69, 9.17) is 9.47 Å². The topological polar surface area (TPSA) is 76.1 Å². The molecule has 108 valence electrons. The smallest absolute Gasteiger partial charge is 0.410 e. The van der Waals surface area contributed by atoms with E-state index >= 15 is 0 Å². The van der Waals surface area contributed by atoms with Gasteiger partial charge in [-0.05, 0) is 27.2 Å². The summed E-state index contributed by atoms with van der Waals surface area (Å²) in [6.07, 6.45) is 0.00859. The van der Waals surface area contributed by atoms with Crippen molar-refractivity contribution in [2.24, 2.45) is 11.3 Å². The molecular formula is C13H21NO5. The van der Waals surface area contributed by atoms with Crippen LogP contribution in [0.5, 0.6) is 0 Å². The van der Waals surface area contributed by atoms with Gasteiger partial charge in [0.25, 0.3) is 0 Å². The van der Waals surface area contributed by atoms with Crippen molar-refractivity contribution in [2.75, 3.05) is 26.3 Å². The zero-order chi connectivity index (χ0) is 14.3. The van der Waals surface area contributed by atoms with Gasteiger partial charge in [0, 0.05) is 25.6 Å². The Kier molecular flexibility index (Phi) is 3.47. The number of hydrogen-bond acceptors (Lipinski definition) is 4. The number of carboxylic acid groups (broad SMARTS) is 1. The van der Waals surface area contributed by atoms with Gasteiger partial charge in [-0.3, -0.25) is 4.79 Å². The molecule has 2 heterocycles. The maximum absolute atomic E-state index is 12.0. The van der Waals surface area contributed by atoms with E-state index < -0.39 is 23.1 Å². The zero-order valence-corrected chi connectivity index (χ0v) is 11.6. The van der Waals surface area contributed by atoms with E-state index in [1.54, 1.807) is 20.8 Å². The summed E-state index contributed by atoms with van der Waals surface area (Å²) in [5.74, 6) is -0.988. The third kappa shape index (κ3) is 2.68. The molecule has 0 aromatic rings. The van der Waals surface area contributed by atoms with Crippen molar-refractivity contribution < 1.29 is 24.2 Å². The quantitative estimate of drug-likeness (QED) is 0.779. The molecule has 0 saturated carbocycles. The van der Waals surface area contributed by atoms with Crippen LogP contribution in [-0.4, -0.2) is 54.0 Å². The second-order valence-electron chi connectivity index (χ2n) is 6.34. The summed E-state index contributed by atoms with van der Waals surface area (Å²) in [6, 6.07) is 0. The van der Waals surface area contributed by atoms with Crippen LogP contribution >= 0.6 is 0 Å². The lowest BCUT2D eigenvalue weighted by molar-refractivity contribution is -0.157. The fourth-order valence-electron chi connectivity index (χ4n) is 2.77. The highest BCUT2D eigenvalue weighted by Crippen LogP contribution is 2.42. The second kappa shape index (κ2) is 4.67. The first-order valence-electron chi connectivity index (χ1n) is 6.54. The van der Waals surface area contributed by atoms with Gasteiger partial charge >= 0.3 is 12.1 Å². The Balaban J connectivity index is 2.11. The maximum Gasteiger partial charge on any atom is 0.410 e. The first-order valence-corrected chi connectivity index (χ1v) is 6.54. The van der Waals surface area contributed by atoms with Crippen molar-refractivity contribution >= 4 is 12.1 Å². The van der Waals surface area contributed by atoms with Crippen LogP contribution in [0.1, 0.15) is 27.2 Å². The van der Waals surface area contributed by atoms with E-state index in [9.17, 15) is 14.7 Å². The van der Waals surface area contributed by atoms with Gasteiger partial charge in [0.2, 0.25) is 0 Å². The maximum atomic E-state index is 12.0. The highest BCUT2D eigenvalue weighted by molar-refractivity contribution is 5.78.